The molecule has 0 aliphatic rings. The molecule has 0 N–H and O–H groups in total. The fourth-order valence-electron chi connectivity index (χ4n) is 1.48. The topological polar surface area (TPSA) is 68.6 Å². The maximum Gasteiger partial charge on any atom is 0.330 e. The van der Waals surface area contributed by atoms with Gasteiger partial charge in [0.25, 0.3) is 0 Å². The minimum atomic E-state index is -0.457. The first-order valence-corrected chi connectivity index (χ1v) is 5.67. The summed E-state index contributed by atoms with van der Waals surface area (Å²) in [6, 6.07) is 5.23. The molecular formula is C14H15NO4. The molecule has 0 aliphatic carbocycles. The van der Waals surface area contributed by atoms with Gasteiger partial charge in [-0.1, -0.05) is 0 Å². The van der Waals surface area contributed by atoms with Gasteiger partial charge in [-0.05, 0) is 24.6 Å². The first-order chi connectivity index (χ1) is 9.15. The summed E-state index contributed by atoms with van der Waals surface area (Å²) in [7, 11) is 3.00. The molecule has 5 nitrogen and oxygen atoms in total. The fourth-order valence-corrected chi connectivity index (χ4v) is 1.48. The van der Waals surface area contributed by atoms with Gasteiger partial charge in [0.15, 0.2) is 11.5 Å². The molecule has 0 aromatic heterocycles. The number of rotatable bonds is 5. The van der Waals surface area contributed by atoms with Crippen LogP contribution >= 0.6 is 0 Å². The van der Waals surface area contributed by atoms with Crippen molar-refractivity contribution in [3.05, 3.63) is 29.3 Å². The summed E-state index contributed by atoms with van der Waals surface area (Å²) in [5.74, 6) is 0.499. The second-order valence-corrected chi connectivity index (χ2v) is 3.49. The SMILES string of the molecule is CCOC(=O)/C=C/c1cc(OC)c(OC)cc1C#N. The summed E-state index contributed by atoms with van der Waals surface area (Å²) < 4.78 is 15.0. The van der Waals surface area contributed by atoms with E-state index in [1.54, 1.807) is 19.1 Å². The van der Waals surface area contributed by atoms with Crippen LogP contribution in [0.15, 0.2) is 18.2 Å². The number of benzene rings is 1. The molecule has 0 aliphatic heterocycles. The number of carbonyl (C=O) groups excluding carboxylic acids is 1. The lowest BCUT2D eigenvalue weighted by atomic mass is 10.1. The number of hydrogen-bond donors (Lipinski definition) is 0. The van der Waals surface area contributed by atoms with Crippen LogP contribution < -0.4 is 9.47 Å². The third-order valence-electron chi connectivity index (χ3n) is 2.36. The number of nitriles is 1. The van der Waals surface area contributed by atoms with Crippen LogP contribution in [0.4, 0.5) is 0 Å². The Hall–Kier alpha value is -2.48. The molecule has 0 spiro atoms. The molecule has 0 saturated carbocycles. The Bertz CT molecular complexity index is 529. The highest BCUT2D eigenvalue weighted by molar-refractivity contribution is 5.87. The van der Waals surface area contributed by atoms with Gasteiger partial charge in [0, 0.05) is 12.1 Å². The predicted molar refractivity (Wildman–Crippen MR) is 69.9 cm³/mol. The van der Waals surface area contributed by atoms with Crippen LogP contribution in [0.1, 0.15) is 18.1 Å². The minimum Gasteiger partial charge on any atom is -0.493 e. The predicted octanol–water partition coefficient (Wildman–Crippen LogP) is 2.15. The van der Waals surface area contributed by atoms with Gasteiger partial charge in [-0.3, -0.25) is 0 Å². The molecule has 1 aromatic carbocycles. The third-order valence-corrected chi connectivity index (χ3v) is 2.36. The van der Waals surface area contributed by atoms with Crippen molar-refractivity contribution in [2.45, 2.75) is 6.92 Å². The second-order valence-electron chi connectivity index (χ2n) is 3.49. The fraction of sp³-hybridized carbons (Fsp3) is 0.286. The molecule has 0 saturated heterocycles. The van der Waals surface area contributed by atoms with E-state index < -0.39 is 5.97 Å². The standard InChI is InChI=1S/C14H15NO4/c1-4-19-14(16)6-5-10-7-12(17-2)13(18-3)8-11(10)9-15/h5-8H,4H2,1-3H3/b6-5+. The van der Waals surface area contributed by atoms with Crippen molar-refractivity contribution in [1.29, 1.82) is 5.26 Å². The summed E-state index contributed by atoms with van der Waals surface area (Å²) in [6.45, 7) is 2.03. The van der Waals surface area contributed by atoms with Crippen molar-refractivity contribution >= 4 is 12.0 Å². The maximum absolute atomic E-state index is 11.2. The number of esters is 1. The Balaban J connectivity index is 3.13. The molecule has 0 unspecified atom stereocenters. The number of ether oxygens (including phenoxy) is 3. The summed E-state index contributed by atoms with van der Waals surface area (Å²) in [5.41, 5.74) is 0.950. The van der Waals surface area contributed by atoms with E-state index in [2.05, 4.69) is 0 Å². The van der Waals surface area contributed by atoms with Gasteiger partial charge >= 0.3 is 5.97 Å². The van der Waals surface area contributed by atoms with Gasteiger partial charge in [-0.15, -0.1) is 0 Å². The molecule has 0 amide bonds. The van der Waals surface area contributed by atoms with Gasteiger partial charge in [0.2, 0.25) is 0 Å². The van der Waals surface area contributed by atoms with Gasteiger partial charge in [-0.2, -0.15) is 5.26 Å². The molecule has 19 heavy (non-hydrogen) atoms. The van der Waals surface area contributed by atoms with E-state index in [9.17, 15) is 4.79 Å². The van der Waals surface area contributed by atoms with Crippen molar-refractivity contribution in [3.8, 4) is 17.6 Å². The Morgan fingerprint density at radius 2 is 1.95 bits per heavy atom. The van der Waals surface area contributed by atoms with Crippen molar-refractivity contribution < 1.29 is 19.0 Å². The van der Waals surface area contributed by atoms with Crippen LogP contribution in [0, 0.1) is 11.3 Å². The normalized spacial score (nSPS) is 10.0. The van der Waals surface area contributed by atoms with Crippen LogP contribution in [-0.2, 0) is 9.53 Å². The molecule has 1 aromatic rings. The number of methoxy groups -OCH3 is 2. The zero-order valence-corrected chi connectivity index (χ0v) is 11.1. The average molecular weight is 261 g/mol. The summed E-state index contributed by atoms with van der Waals surface area (Å²) in [4.78, 5) is 11.2. The highest BCUT2D eigenvalue weighted by Gasteiger charge is 2.09. The smallest absolute Gasteiger partial charge is 0.330 e. The Kier molecular flexibility index (Phi) is 5.42. The van der Waals surface area contributed by atoms with E-state index in [4.69, 9.17) is 19.5 Å². The van der Waals surface area contributed by atoms with E-state index >= 15 is 0 Å². The van der Waals surface area contributed by atoms with Crippen LogP contribution in [0.3, 0.4) is 0 Å². The molecule has 0 atom stereocenters. The Labute approximate surface area is 112 Å². The highest BCUT2D eigenvalue weighted by Crippen LogP contribution is 2.30. The lowest BCUT2D eigenvalue weighted by Gasteiger charge is -2.09. The second kappa shape index (κ2) is 7.07. The maximum atomic E-state index is 11.2. The molecule has 0 heterocycles. The minimum absolute atomic E-state index is 0.306. The van der Waals surface area contributed by atoms with Gasteiger partial charge in [0.05, 0.1) is 32.5 Å². The summed E-state index contributed by atoms with van der Waals surface area (Å²) >= 11 is 0. The first kappa shape index (κ1) is 14.6. The number of carbonyl (C=O) groups is 1. The third kappa shape index (κ3) is 3.75. The molecule has 0 radical (unpaired) electrons. The van der Waals surface area contributed by atoms with Crippen LogP contribution in [0.25, 0.3) is 6.08 Å². The van der Waals surface area contributed by atoms with E-state index in [0.717, 1.165) is 0 Å². The first-order valence-electron chi connectivity index (χ1n) is 5.67. The Morgan fingerprint density at radius 3 is 2.47 bits per heavy atom. The number of hydrogen-bond acceptors (Lipinski definition) is 5. The Morgan fingerprint density at radius 1 is 1.32 bits per heavy atom. The molecule has 100 valence electrons. The van der Waals surface area contributed by atoms with Crippen LogP contribution in [-0.4, -0.2) is 26.8 Å². The van der Waals surface area contributed by atoms with Gasteiger partial charge in [-0.25, -0.2) is 4.79 Å². The van der Waals surface area contributed by atoms with Crippen molar-refractivity contribution in [1.82, 2.24) is 0 Å². The molecule has 1 rings (SSSR count). The van der Waals surface area contributed by atoms with Crippen molar-refractivity contribution in [2.75, 3.05) is 20.8 Å². The average Bonchev–Trinajstić information content (AvgIpc) is 2.44. The number of nitrogens with zero attached hydrogens (tertiary/aromatic N) is 1. The van der Waals surface area contributed by atoms with Gasteiger partial charge in [0.1, 0.15) is 0 Å². The highest BCUT2D eigenvalue weighted by atomic mass is 16.5. The largest absolute Gasteiger partial charge is 0.493 e. The zero-order valence-electron chi connectivity index (χ0n) is 11.1. The lowest BCUT2D eigenvalue weighted by molar-refractivity contribution is -0.137. The van der Waals surface area contributed by atoms with Gasteiger partial charge < -0.3 is 14.2 Å². The van der Waals surface area contributed by atoms with E-state index in [-0.39, 0.29) is 0 Å². The molecular weight excluding hydrogens is 246 g/mol. The van der Waals surface area contributed by atoms with E-state index in [1.807, 2.05) is 6.07 Å². The summed E-state index contributed by atoms with van der Waals surface area (Å²) in [6.07, 6.45) is 2.78. The summed E-state index contributed by atoms with van der Waals surface area (Å²) in [5, 5.41) is 9.07. The molecule has 0 bridgehead atoms. The van der Waals surface area contributed by atoms with Crippen molar-refractivity contribution in [2.24, 2.45) is 0 Å². The van der Waals surface area contributed by atoms with Crippen LogP contribution in [0.5, 0.6) is 11.5 Å². The van der Waals surface area contributed by atoms with Crippen molar-refractivity contribution in [3.63, 3.8) is 0 Å². The van der Waals surface area contributed by atoms with E-state index in [1.165, 1.54) is 26.4 Å². The molecule has 5 heteroatoms. The quantitative estimate of drug-likeness (QED) is 0.600. The van der Waals surface area contributed by atoms with Crippen LogP contribution in [0.2, 0.25) is 0 Å². The van der Waals surface area contributed by atoms with E-state index in [0.29, 0.717) is 29.2 Å². The monoisotopic (exact) mass is 261 g/mol. The molecule has 0 fully saturated rings. The lowest BCUT2D eigenvalue weighted by Crippen LogP contribution is -1.99. The zero-order chi connectivity index (χ0) is 14.3.